The summed E-state index contributed by atoms with van der Waals surface area (Å²) in [6.45, 7) is 14.4. The molecule has 1 N–H and O–H groups in total. The molecule has 0 aromatic heterocycles. The van der Waals surface area contributed by atoms with Crippen LogP contribution in [0.25, 0.3) is 0 Å². The van der Waals surface area contributed by atoms with Crippen molar-refractivity contribution in [3.05, 3.63) is 0 Å². The van der Waals surface area contributed by atoms with Crippen molar-refractivity contribution in [1.29, 1.82) is 0 Å². The number of carbonyl (C=O) groups excluding carboxylic acids is 1. The van der Waals surface area contributed by atoms with Crippen LogP contribution in [0.15, 0.2) is 0 Å². The number of piperidine rings is 1. The second-order valence-electron chi connectivity index (χ2n) is 10.8. The Balaban J connectivity index is 1.33. The molecule has 5 heteroatoms. The van der Waals surface area contributed by atoms with E-state index in [4.69, 9.17) is 9.47 Å². The average molecular weight is 365 g/mol. The molecule has 0 aromatic rings. The Labute approximate surface area is 158 Å². The van der Waals surface area contributed by atoms with E-state index in [9.17, 15) is 4.79 Å². The molecule has 0 unspecified atom stereocenters. The SMILES string of the molecule is CC1(C)COC2(CCN(C(=O)N[C@H]3C[C@H]4CC[C@@]3(C)C4(C)C)CC2)OC1. The number of hydrogen-bond donors (Lipinski definition) is 1. The maximum Gasteiger partial charge on any atom is 0.317 e. The average Bonchev–Trinajstić information content (AvgIpc) is 2.92. The molecule has 2 aliphatic heterocycles. The van der Waals surface area contributed by atoms with Gasteiger partial charge < -0.3 is 19.7 Å². The summed E-state index contributed by atoms with van der Waals surface area (Å²) >= 11 is 0. The predicted octanol–water partition coefficient (Wildman–Crippen LogP) is 3.78. The topological polar surface area (TPSA) is 50.8 Å². The first kappa shape index (κ1) is 18.5. The Hall–Kier alpha value is -0.810. The van der Waals surface area contributed by atoms with E-state index in [2.05, 4.69) is 39.9 Å². The lowest BCUT2D eigenvalue weighted by Gasteiger charge is -2.47. The second-order valence-corrected chi connectivity index (χ2v) is 10.8. The fraction of sp³-hybridized carbons (Fsp3) is 0.952. The molecular weight excluding hydrogens is 328 g/mol. The Kier molecular flexibility index (Phi) is 4.17. The fourth-order valence-corrected chi connectivity index (χ4v) is 5.74. The van der Waals surface area contributed by atoms with E-state index in [1.54, 1.807) is 0 Å². The van der Waals surface area contributed by atoms with E-state index in [1.807, 2.05) is 4.90 Å². The summed E-state index contributed by atoms with van der Waals surface area (Å²) in [5, 5.41) is 3.39. The molecule has 0 radical (unpaired) electrons. The van der Waals surface area contributed by atoms with Crippen LogP contribution in [-0.2, 0) is 9.47 Å². The van der Waals surface area contributed by atoms with Crippen molar-refractivity contribution < 1.29 is 14.3 Å². The number of nitrogens with one attached hydrogen (secondary N) is 1. The lowest BCUT2D eigenvalue weighted by Crippen LogP contribution is -2.57. The van der Waals surface area contributed by atoms with Gasteiger partial charge in [-0.3, -0.25) is 0 Å². The summed E-state index contributed by atoms with van der Waals surface area (Å²) in [6.07, 6.45) is 5.22. The maximum atomic E-state index is 12.9. The van der Waals surface area contributed by atoms with Crippen LogP contribution >= 0.6 is 0 Å². The zero-order valence-corrected chi connectivity index (χ0v) is 17.2. The van der Waals surface area contributed by atoms with Gasteiger partial charge in [-0.15, -0.1) is 0 Å². The smallest absolute Gasteiger partial charge is 0.317 e. The van der Waals surface area contributed by atoms with Gasteiger partial charge in [-0.25, -0.2) is 4.79 Å². The Morgan fingerprint density at radius 1 is 1.00 bits per heavy atom. The van der Waals surface area contributed by atoms with Crippen molar-refractivity contribution in [1.82, 2.24) is 10.2 Å². The molecule has 2 amide bonds. The lowest BCUT2D eigenvalue weighted by atomic mass is 9.69. The number of likely N-dealkylation sites (tertiary alicyclic amines) is 1. The highest BCUT2D eigenvalue weighted by atomic mass is 16.7. The number of nitrogens with zero attached hydrogens (tertiary/aromatic N) is 1. The summed E-state index contributed by atoms with van der Waals surface area (Å²) in [6, 6.07) is 0.410. The molecule has 2 heterocycles. The van der Waals surface area contributed by atoms with Crippen molar-refractivity contribution in [2.75, 3.05) is 26.3 Å². The Morgan fingerprint density at radius 2 is 1.62 bits per heavy atom. The highest BCUT2D eigenvalue weighted by molar-refractivity contribution is 5.75. The van der Waals surface area contributed by atoms with Crippen molar-refractivity contribution in [2.45, 2.75) is 78.6 Å². The van der Waals surface area contributed by atoms with Crippen molar-refractivity contribution in [3.8, 4) is 0 Å². The number of ether oxygens (including phenoxy) is 2. The van der Waals surface area contributed by atoms with E-state index in [0.717, 1.165) is 38.4 Å². The van der Waals surface area contributed by atoms with Crippen molar-refractivity contribution in [2.24, 2.45) is 22.2 Å². The van der Waals surface area contributed by atoms with Gasteiger partial charge in [-0.2, -0.15) is 0 Å². The minimum Gasteiger partial charge on any atom is -0.349 e. The van der Waals surface area contributed by atoms with Crippen LogP contribution in [0, 0.1) is 22.2 Å². The first-order valence-corrected chi connectivity index (χ1v) is 10.4. The number of carbonyl (C=O) groups is 1. The van der Waals surface area contributed by atoms with Crippen molar-refractivity contribution in [3.63, 3.8) is 0 Å². The molecule has 1 spiro atoms. The monoisotopic (exact) mass is 364 g/mol. The van der Waals surface area contributed by atoms with Gasteiger partial charge in [0.15, 0.2) is 5.79 Å². The molecular formula is C21H36N2O3. The van der Waals surface area contributed by atoms with Crippen LogP contribution in [0.4, 0.5) is 4.79 Å². The van der Waals surface area contributed by atoms with Gasteiger partial charge >= 0.3 is 6.03 Å². The lowest BCUT2D eigenvalue weighted by molar-refractivity contribution is -0.311. The Morgan fingerprint density at radius 3 is 2.12 bits per heavy atom. The standard InChI is InChI=1S/C21H36N2O3/c1-18(2)13-25-21(26-14-18)8-10-23(11-9-21)17(24)22-16-12-15-6-7-20(16,5)19(15,3)4/h15-16H,6-14H2,1-5H3,(H,22,24)/t15-,16+,20-/m1/s1. The van der Waals surface area contributed by atoms with Gasteiger partial charge in [0.1, 0.15) is 0 Å². The minimum atomic E-state index is -0.466. The summed E-state index contributed by atoms with van der Waals surface area (Å²) in [5.74, 6) is 0.280. The highest BCUT2D eigenvalue weighted by Crippen LogP contribution is 2.65. The van der Waals surface area contributed by atoms with Crippen LogP contribution in [0.2, 0.25) is 0 Å². The molecule has 4 aliphatic rings. The summed E-state index contributed by atoms with van der Waals surface area (Å²) in [7, 11) is 0. The normalized spacial score (nSPS) is 40.0. The van der Waals surface area contributed by atoms with E-state index in [0.29, 0.717) is 24.5 Å². The van der Waals surface area contributed by atoms with Gasteiger partial charge in [-0.1, -0.05) is 34.6 Å². The number of hydrogen-bond acceptors (Lipinski definition) is 3. The minimum absolute atomic E-state index is 0.0871. The molecule has 148 valence electrons. The van der Waals surface area contributed by atoms with Gasteiger partial charge in [0.2, 0.25) is 0 Å². The number of rotatable bonds is 1. The van der Waals surface area contributed by atoms with Crippen LogP contribution in [0.3, 0.4) is 0 Å². The van der Waals surface area contributed by atoms with Crippen LogP contribution < -0.4 is 5.32 Å². The summed E-state index contributed by atoms with van der Waals surface area (Å²) in [5.41, 5.74) is 0.642. The molecule has 2 aliphatic carbocycles. The van der Waals surface area contributed by atoms with Crippen molar-refractivity contribution >= 4 is 6.03 Å². The third-order valence-electron chi connectivity index (χ3n) is 8.36. The van der Waals surface area contributed by atoms with Gasteiger partial charge in [0.05, 0.1) is 13.2 Å². The van der Waals surface area contributed by atoms with Crippen LogP contribution in [0.1, 0.15) is 66.7 Å². The van der Waals surface area contributed by atoms with Gasteiger partial charge in [0.25, 0.3) is 0 Å². The molecule has 2 bridgehead atoms. The summed E-state index contributed by atoms with van der Waals surface area (Å²) in [4.78, 5) is 14.8. The highest BCUT2D eigenvalue weighted by Gasteiger charge is 2.61. The Bertz CT molecular complexity index is 568. The van der Waals surface area contributed by atoms with Gasteiger partial charge in [-0.05, 0) is 36.0 Å². The molecule has 0 aromatic carbocycles. The van der Waals surface area contributed by atoms with E-state index >= 15 is 0 Å². The van der Waals surface area contributed by atoms with E-state index < -0.39 is 5.79 Å². The molecule has 4 fully saturated rings. The zero-order chi connectivity index (χ0) is 18.8. The quantitative estimate of drug-likeness (QED) is 0.770. The third-order valence-corrected chi connectivity index (χ3v) is 8.36. The van der Waals surface area contributed by atoms with E-state index in [-0.39, 0.29) is 16.9 Å². The predicted molar refractivity (Wildman–Crippen MR) is 101 cm³/mol. The maximum absolute atomic E-state index is 12.9. The van der Waals surface area contributed by atoms with Crippen LogP contribution in [0.5, 0.6) is 0 Å². The van der Waals surface area contributed by atoms with Gasteiger partial charge in [0, 0.05) is 37.4 Å². The number of urea groups is 1. The largest absolute Gasteiger partial charge is 0.349 e. The fourth-order valence-electron chi connectivity index (χ4n) is 5.74. The summed E-state index contributed by atoms with van der Waals surface area (Å²) < 4.78 is 12.2. The molecule has 5 nitrogen and oxygen atoms in total. The molecule has 2 saturated carbocycles. The number of fused-ring (bicyclic) bond motifs is 2. The molecule has 2 saturated heterocycles. The number of amides is 2. The first-order valence-electron chi connectivity index (χ1n) is 10.4. The molecule has 3 atom stereocenters. The molecule has 4 rings (SSSR count). The van der Waals surface area contributed by atoms with Crippen LogP contribution in [-0.4, -0.2) is 49.1 Å². The second kappa shape index (κ2) is 5.84. The zero-order valence-electron chi connectivity index (χ0n) is 17.2. The first-order chi connectivity index (χ1) is 12.1. The van der Waals surface area contributed by atoms with E-state index in [1.165, 1.54) is 12.8 Å². The molecule has 26 heavy (non-hydrogen) atoms. The third kappa shape index (κ3) is 2.77.